The lowest BCUT2D eigenvalue weighted by atomic mass is 10.1. The minimum absolute atomic E-state index is 0.363. The van der Waals surface area contributed by atoms with E-state index in [0.29, 0.717) is 27.9 Å². The molecule has 0 aliphatic carbocycles. The van der Waals surface area contributed by atoms with E-state index in [1.54, 1.807) is 18.2 Å². The first-order valence-corrected chi connectivity index (χ1v) is 7.15. The highest BCUT2D eigenvalue weighted by Crippen LogP contribution is 2.26. The van der Waals surface area contributed by atoms with Gasteiger partial charge in [0.25, 0.3) is 0 Å². The Hall–Kier alpha value is -3.13. The molecule has 0 unspecified atom stereocenters. The van der Waals surface area contributed by atoms with Crippen molar-refractivity contribution in [2.24, 2.45) is 0 Å². The maximum Gasteiger partial charge on any atom is 0.340 e. The lowest BCUT2D eigenvalue weighted by molar-refractivity contribution is 0.0438. The van der Waals surface area contributed by atoms with Crippen molar-refractivity contribution >= 4 is 16.9 Å². The Labute approximate surface area is 133 Å². The molecule has 3 aromatic rings. The number of aromatic nitrogens is 1. The van der Waals surface area contributed by atoms with Crippen LogP contribution < -0.4 is 0 Å². The van der Waals surface area contributed by atoms with Gasteiger partial charge in [-0.2, -0.15) is 5.26 Å². The van der Waals surface area contributed by atoms with Gasteiger partial charge in [-0.3, -0.25) is 0 Å². The molecule has 3 rings (SSSR count). The van der Waals surface area contributed by atoms with E-state index in [9.17, 15) is 4.79 Å². The molecule has 5 nitrogen and oxygen atoms in total. The van der Waals surface area contributed by atoms with Gasteiger partial charge < -0.3 is 9.15 Å². The number of hydrogen-bond donors (Lipinski definition) is 0. The number of fused-ring (bicyclic) bond motifs is 1. The average Bonchev–Trinajstić information content (AvgIpc) is 3.00. The second-order valence-electron chi connectivity index (χ2n) is 5.16. The number of furan rings is 1. The number of esters is 1. The van der Waals surface area contributed by atoms with Gasteiger partial charge in [0.05, 0.1) is 11.1 Å². The normalized spacial score (nSPS) is 11.9. The second kappa shape index (κ2) is 5.93. The van der Waals surface area contributed by atoms with E-state index in [-0.39, 0.29) is 0 Å². The summed E-state index contributed by atoms with van der Waals surface area (Å²) in [5, 5.41) is 9.50. The Kier molecular flexibility index (Phi) is 3.82. The van der Waals surface area contributed by atoms with E-state index < -0.39 is 12.1 Å². The number of aryl methyl sites for hydroxylation is 1. The number of ether oxygens (including phenoxy) is 1. The van der Waals surface area contributed by atoms with E-state index in [2.05, 4.69) is 4.98 Å². The Bertz CT molecular complexity index is 921. The maximum atomic E-state index is 12.4. The number of carbonyl (C=O) groups excluding carboxylic acids is 1. The topological polar surface area (TPSA) is 76.1 Å². The molecule has 0 radical (unpaired) electrons. The summed E-state index contributed by atoms with van der Waals surface area (Å²) in [7, 11) is 0. The number of rotatable bonds is 3. The summed E-state index contributed by atoms with van der Waals surface area (Å²) in [6, 6.07) is 14.4. The van der Waals surface area contributed by atoms with E-state index in [1.807, 2.05) is 37.3 Å². The third-order valence-electron chi connectivity index (χ3n) is 3.39. The molecule has 0 saturated heterocycles. The number of pyridine rings is 1. The van der Waals surface area contributed by atoms with Gasteiger partial charge in [0.1, 0.15) is 17.5 Å². The highest BCUT2D eigenvalue weighted by atomic mass is 16.5. The molecule has 0 spiro atoms. The van der Waals surface area contributed by atoms with Crippen LogP contribution in [-0.4, -0.2) is 17.1 Å². The van der Waals surface area contributed by atoms with E-state index in [1.165, 1.54) is 6.92 Å². The molecule has 0 bridgehead atoms. The fraction of sp³-hybridized carbons (Fsp3) is 0.167. The van der Waals surface area contributed by atoms with Crippen molar-refractivity contribution in [1.82, 2.24) is 4.98 Å². The number of hydrogen-bond acceptors (Lipinski definition) is 5. The minimum atomic E-state index is -0.816. The van der Waals surface area contributed by atoms with Crippen LogP contribution in [0.3, 0.4) is 0 Å². The predicted molar refractivity (Wildman–Crippen MR) is 84.7 cm³/mol. The summed E-state index contributed by atoms with van der Waals surface area (Å²) in [4.78, 5) is 16.9. The fourth-order valence-electron chi connectivity index (χ4n) is 2.29. The fourth-order valence-corrected chi connectivity index (χ4v) is 2.29. The van der Waals surface area contributed by atoms with Crippen molar-refractivity contribution in [3.05, 3.63) is 53.8 Å². The van der Waals surface area contributed by atoms with Gasteiger partial charge in [-0.25, -0.2) is 9.78 Å². The lowest BCUT2D eigenvalue weighted by Gasteiger charge is -2.10. The van der Waals surface area contributed by atoms with Crippen LogP contribution in [0.15, 0.2) is 46.9 Å². The number of benzene rings is 1. The quantitative estimate of drug-likeness (QED) is 0.686. The molecule has 0 saturated carbocycles. The minimum Gasteiger partial charge on any atom is -0.460 e. The average molecular weight is 306 g/mol. The predicted octanol–water partition coefficient (Wildman–Crippen LogP) is 3.87. The number of nitriles is 1. The Balaban J connectivity index is 2.15. The first-order chi connectivity index (χ1) is 11.1. The zero-order valence-electron chi connectivity index (χ0n) is 12.7. The summed E-state index contributed by atoms with van der Waals surface area (Å²) in [5.41, 5.74) is 1.57. The molecule has 2 aromatic heterocycles. The molecule has 0 aliphatic rings. The van der Waals surface area contributed by atoms with Gasteiger partial charge >= 0.3 is 5.97 Å². The van der Waals surface area contributed by atoms with Crippen LogP contribution in [0.5, 0.6) is 0 Å². The van der Waals surface area contributed by atoms with Crippen molar-refractivity contribution in [1.29, 1.82) is 5.26 Å². The standard InChI is InChI=1S/C18H14N2O3/c1-11-7-8-17(22-11)16-9-14(18(21)23-12(2)10-19)13-5-3-4-6-15(13)20-16/h3-9,12H,1-2H3/t12-/m1/s1. The van der Waals surface area contributed by atoms with E-state index >= 15 is 0 Å². The highest BCUT2D eigenvalue weighted by molar-refractivity contribution is 6.04. The van der Waals surface area contributed by atoms with Gasteiger partial charge in [-0.1, -0.05) is 18.2 Å². The maximum absolute atomic E-state index is 12.4. The van der Waals surface area contributed by atoms with Crippen LogP contribution in [0.1, 0.15) is 23.0 Å². The molecule has 0 N–H and O–H groups in total. The van der Waals surface area contributed by atoms with E-state index in [0.717, 1.165) is 5.76 Å². The summed E-state index contributed by atoms with van der Waals surface area (Å²) in [5.74, 6) is 0.787. The third kappa shape index (κ3) is 2.92. The van der Waals surface area contributed by atoms with Crippen LogP contribution in [0.25, 0.3) is 22.4 Å². The van der Waals surface area contributed by atoms with Gasteiger partial charge in [0.2, 0.25) is 0 Å². The molecule has 23 heavy (non-hydrogen) atoms. The molecule has 0 amide bonds. The lowest BCUT2D eigenvalue weighted by Crippen LogP contribution is -2.13. The van der Waals surface area contributed by atoms with Crippen molar-refractivity contribution in [3.8, 4) is 17.5 Å². The van der Waals surface area contributed by atoms with E-state index in [4.69, 9.17) is 14.4 Å². The van der Waals surface area contributed by atoms with Crippen LogP contribution in [0, 0.1) is 18.3 Å². The van der Waals surface area contributed by atoms with Gasteiger partial charge in [0.15, 0.2) is 11.9 Å². The zero-order valence-corrected chi connectivity index (χ0v) is 12.7. The molecule has 1 atom stereocenters. The monoisotopic (exact) mass is 306 g/mol. The summed E-state index contributed by atoms with van der Waals surface area (Å²) in [6.45, 7) is 3.37. The largest absolute Gasteiger partial charge is 0.460 e. The highest BCUT2D eigenvalue weighted by Gasteiger charge is 2.18. The first kappa shape index (κ1) is 14.8. The van der Waals surface area contributed by atoms with Gasteiger partial charge in [-0.15, -0.1) is 0 Å². The zero-order chi connectivity index (χ0) is 16.4. The molecule has 0 aliphatic heterocycles. The van der Waals surface area contributed by atoms with Crippen molar-refractivity contribution in [2.45, 2.75) is 20.0 Å². The molecule has 1 aromatic carbocycles. The number of nitrogens with zero attached hydrogens (tertiary/aromatic N) is 2. The van der Waals surface area contributed by atoms with Crippen LogP contribution in [0.2, 0.25) is 0 Å². The molecule has 2 heterocycles. The third-order valence-corrected chi connectivity index (χ3v) is 3.39. The number of carbonyl (C=O) groups is 1. The summed E-state index contributed by atoms with van der Waals surface area (Å²) >= 11 is 0. The Morgan fingerprint density at radius 1 is 1.30 bits per heavy atom. The molecular weight excluding hydrogens is 292 g/mol. The smallest absolute Gasteiger partial charge is 0.340 e. The summed E-state index contributed by atoms with van der Waals surface area (Å²) < 4.78 is 10.7. The Morgan fingerprint density at radius 3 is 2.78 bits per heavy atom. The molecule has 0 fully saturated rings. The van der Waals surface area contributed by atoms with Crippen molar-refractivity contribution in [3.63, 3.8) is 0 Å². The van der Waals surface area contributed by atoms with Crippen LogP contribution in [-0.2, 0) is 4.74 Å². The first-order valence-electron chi connectivity index (χ1n) is 7.15. The van der Waals surface area contributed by atoms with Crippen LogP contribution in [0.4, 0.5) is 0 Å². The molecule has 114 valence electrons. The summed E-state index contributed by atoms with van der Waals surface area (Å²) in [6.07, 6.45) is -0.816. The Morgan fingerprint density at radius 2 is 2.09 bits per heavy atom. The van der Waals surface area contributed by atoms with Gasteiger partial charge in [-0.05, 0) is 38.1 Å². The molecule has 5 heteroatoms. The number of para-hydroxylation sites is 1. The molecular formula is C18H14N2O3. The van der Waals surface area contributed by atoms with Crippen molar-refractivity contribution in [2.75, 3.05) is 0 Å². The SMILES string of the molecule is Cc1ccc(-c2cc(C(=O)O[C@H](C)C#N)c3ccccc3n2)o1. The van der Waals surface area contributed by atoms with Crippen molar-refractivity contribution < 1.29 is 13.9 Å². The second-order valence-corrected chi connectivity index (χ2v) is 5.16. The van der Waals surface area contributed by atoms with Gasteiger partial charge in [0, 0.05) is 5.39 Å². The van der Waals surface area contributed by atoms with Crippen LogP contribution >= 0.6 is 0 Å².